The van der Waals surface area contributed by atoms with Crippen LogP contribution >= 0.6 is 0 Å². The Kier molecular flexibility index (Phi) is 12.3. The second-order valence-corrected chi connectivity index (χ2v) is 2.75. The minimum atomic E-state index is 1.17. The van der Waals surface area contributed by atoms with Gasteiger partial charge in [-0.05, 0) is 19.8 Å². The smallest absolute Gasteiger partial charge is 0.0320 e. The third kappa shape index (κ3) is 9.48. The first-order chi connectivity index (χ1) is 5.70. The van der Waals surface area contributed by atoms with Crippen LogP contribution in [0.1, 0.15) is 53.9 Å². The average Bonchev–Trinajstić information content (AvgIpc) is 2.07. The van der Waals surface area contributed by atoms with Crippen LogP contribution in [0.15, 0.2) is 23.8 Å². The van der Waals surface area contributed by atoms with Crippen LogP contribution in [-0.4, -0.2) is 0 Å². The molecule has 0 unspecified atom stereocenters. The summed E-state index contributed by atoms with van der Waals surface area (Å²) < 4.78 is 0. The van der Waals surface area contributed by atoms with Crippen molar-refractivity contribution in [3.05, 3.63) is 23.8 Å². The van der Waals surface area contributed by atoms with Crippen LogP contribution in [0.2, 0.25) is 0 Å². The molecule has 0 aromatic rings. The van der Waals surface area contributed by atoms with Gasteiger partial charge in [0.2, 0.25) is 0 Å². The zero-order valence-electron chi connectivity index (χ0n) is 9.41. The van der Waals surface area contributed by atoms with Crippen molar-refractivity contribution in [2.24, 2.45) is 0 Å². The highest BCUT2D eigenvalue weighted by molar-refractivity contribution is 5.18. The molecule has 0 rings (SSSR count). The van der Waals surface area contributed by atoms with Crippen molar-refractivity contribution < 1.29 is 0 Å². The fourth-order valence-corrected chi connectivity index (χ4v) is 1.02. The van der Waals surface area contributed by atoms with Crippen molar-refractivity contribution in [3.8, 4) is 0 Å². The molecule has 0 aromatic carbocycles. The van der Waals surface area contributed by atoms with E-state index in [2.05, 4.69) is 26.5 Å². The summed E-state index contributed by atoms with van der Waals surface area (Å²) in [5.41, 5.74) is 2.69. The highest BCUT2D eigenvalue weighted by Gasteiger charge is 1.90. The van der Waals surface area contributed by atoms with E-state index in [1.807, 2.05) is 20.8 Å². The van der Waals surface area contributed by atoms with E-state index >= 15 is 0 Å². The van der Waals surface area contributed by atoms with Gasteiger partial charge in [0, 0.05) is 0 Å². The van der Waals surface area contributed by atoms with Crippen LogP contribution < -0.4 is 0 Å². The van der Waals surface area contributed by atoms with Crippen LogP contribution in [0, 0.1) is 0 Å². The van der Waals surface area contributed by atoms with Crippen molar-refractivity contribution in [2.75, 3.05) is 0 Å². The van der Waals surface area contributed by atoms with E-state index in [0.29, 0.717) is 0 Å². The van der Waals surface area contributed by atoms with Crippen LogP contribution in [0.25, 0.3) is 0 Å². The van der Waals surface area contributed by atoms with Crippen molar-refractivity contribution in [1.82, 2.24) is 0 Å². The average molecular weight is 168 g/mol. The largest absolute Gasteiger partial charge is 0.0961 e. The fraction of sp³-hybridized carbons (Fsp3) is 0.667. The molecule has 0 saturated carbocycles. The van der Waals surface area contributed by atoms with E-state index in [9.17, 15) is 0 Å². The summed E-state index contributed by atoms with van der Waals surface area (Å²) >= 11 is 0. The monoisotopic (exact) mass is 168 g/mol. The Balaban J connectivity index is 0. The molecule has 0 aliphatic heterocycles. The minimum absolute atomic E-state index is 1.17. The molecule has 0 aliphatic carbocycles. The first-order valence-corrected chi connectivity index (χ1v) is 5.05. The maximum atomic E-state index is 3.85. The molecule has 0 N–H and O–H groups in total. The summed E-state index contributed by atoms with van der Waals surface area (Å²) in [5.74, 6) is 0. The first kappa shape index (κ1) is 14.0. The Hall–Kier alpha value is -0.520. The lowest BCUT2D eigenvalue weighted by molar-refractivity contribution is 0.857. The fourth-order valence-electron chi connectivity index (χ4n) is 1.02. The molecule has 0 atom stereocenters. The summed E-state index contributed by atoms with van der Waals surface area (Å²) in [6.07, 6.45) is 5.83. The van der Waals surface area contributed by atoms with Crippen molar-refractivity contribution in [1.29, 1.82) is 0 Å². The summed E-state index contributed by atoms with van der Waals surface area (Å²) in [5, 5.41) is 0. The Bertz CT molecular complexity index is 129. The maximum absolute atomic E-state index is 3.85. The van der Waals surface area contributed by atoms with Gasteiger partial charge in [-0.25, -0.2) is 0 Å². The van der Waals surface area contributed by atoms with Gasteiger partial charge < -0.3 is 0 Å². The van der Waals surface area contributed by atoms with E-state index < -0.39 is 0 Å². The molecule has 0 saturated heterocycles. The molecule has 0 amide bonds. The first-order valence-electron chi connectivity index (χ1n) is 5.05. The highest BCUT2D eigenvalue weighted by Crippen LogP contribution is 2.10. The second kappa shape index (κ2) is 10.5. The van der Waals surface area contributed by atoms with Gasteiger partial charge in [0.25, 0.3) is 0 Å². The zero-order valence-corrected chi connectivity index (χ0v) is 9.41. The molecule has 0 nitrogen and oxygen atoms in total. The minimum Gasteiger partial charge on any atom is -0.0961 e. The zero-order chi connectivity index (χ0) is 9.98. The SMILES string of the molecule is C=C(C)/C=C(\CC)CCC.CC. The van der Waals surface area contributed by atoms with Gasteiger partial charge in [0.05, 0.1) is 0 Å². The number of hydrogen-bond donors (Lipinski definition) is 0. The standard InChI is InChI=1S/C10H18.C2H6/c1-5-7-10(6-2)8-9(3)4;1-2/h8H,3,5-7H2,1-2,4H3;1-2H3/b10-8+;. The number of rotatable bonds is 4. The molecule has 0 radical (unpaired) electrons. The number of allylic oxidation sites excluding steroid dienone is 3. The summed E-state index contributed by atoms with van der Waals surface area (Å²) in [6.45, 7) is 14.3. The van der Waals surface area contributed by atoms with E-state index in [1.165, 1.54) is 30.4 Å². The molecule has 0 bridgehead atoms. The molecule has 0 aliphatic rings. The summed E-state index contributed by atoms with van der Waals surface area (Å²) in [4.78, 5) is 0. The predicted molar refractivity (Wildman–Crippen MR) is 59.4 cm³/mol. The molecule has 0 spiro atoms. The summed E-state index contributed by atoms with van der Waals surface area (Å²) in [7, 11) is 0. The number of hydrogen-bond acceptors (Lipinski definition) is 0. The maximum Gasteiger partial charge on any atom is -0.0320 e. The Morgan fingerprint density at radius 3 is 2.00 bits per heavy atom. The van der Waals surface area contributed by atoms with Crippen LogP contribution in [-0.2, 0) is 0 Å². The molecule has 0 aromatic heterocycles. The molecule has 0 heteroatoms. The van der Waals surface area contributed by atoms with Gasteiger partial charge in [-0.3, -0.25) is 0 Å². The Morgan fingerprint density at radius 2 is 1.75 bits per heavy atom. The molecule has 0 heterocycles. The van der Waals surface area contributed by atoms with E-state index in [1.54, 1.807) is 0 Å². The van der Waals surface area contributed by atoms with Gasteiger partial charge in [-0.2, -0.15) is 0 Å². The third-order valence-corrected chi connectivity index (χ3v) is 1.48. The topological polar surface area (TPSA) is 0 Å². The lowest BCUT2D eigenvalue weighted by Crippen LogP contribution is -1.80. The molecular formula is C12H24. The Morgan fingerprint density at radius 1 is 1.25 bits per heavy atom. The van der Waals surface area contributed by atoms with Crippen LogP contribution in [0.5, 0.6) is 0 Å². The third-order valence-electron chi connectivity index (χ3n) is 1.48. The quantitative estimate of drug-likeness (QED) is 0.532. The molecule has 0 fully saturated rings. The van der Waals surface area contributed by atoms with Gasteiger partial charge in [-0.1, -0.05) is 57.9 Å². The normalized spacial score (nSPS) is 10.2. The second-order valence-electron chi connectivity index (χ2n) is 2.75. The molecule has 12 heavy (non-hydrogen) atoms. The van der Waals surface area contributed by atoms with Crippen molar-refractivity contribution >= 4 is 0 Å². The van der Waals surface area contributed by atoms with Crippen molar-refractivity contribution in [2.45, 2.75) is 53.9 Å². The Labute approximate surface area is 78.4 Å². The van der Waals surface area contributed by atoms with E-state index in [4.69, 9.17) is 0 Å². The van der Waals surface area contributed by atoms with E-state index in [-0.39, 0.29) is 0 Å². The van der Waals surface area contributed by atoms with Crippen LogP contribution in [0.3, 0.4) is 0 Å². The lowest BCUT2D eigenvalue weighted by Gasteiger charge is -2.00. The van der Waals surface area contributed by atoms with Gasteiger partial charge >= 0.3 is 0 Å². The van der Waals surface area contributed by atoms with Crippen LogP contribution in [0.4, 0.5) is 0 Å². The van der Waals surface area contributed by atoms with E-state index in [0.717, 1.165) is 0 Å². The molecular weight excluding hydrogens is 144 g/mol. The highest BCUT2D eigenvalue weighted by atomic mass is 14.0. The van der Waals surface area contributed by atoms with Gasteiger partial charge in [0.1, 0.15) is 0 Å². The van der Waals surface area contributed by atoms with Gasteiger partial charge in [-0.15, -0.1) is 0 Å². The summed E-state index contributed by atoms with van der Waals surface area (Å²) in [6, 6.07) is 0. The van der Waals surface area contributed by atoms with Crippen molar-refractivity contribution in [3.63, 3.8) is 0 Å². The predicted octanol–water partition coefficient (Wildman–Crippen LogP) is 4.73. The van der Waals surface area contributed by atoms with Gasteiger partial charge in [0.15, 0.2) is 0 Å². The lowest BCUT2D eigenvalue weighted by atomic mass is 10.1. The molecule has 72 valence electrons.